The molecule has 0 aliphatic heterocycles. The Morgan fingerprint density at radius 2 is 1.80 bits per heavy atom. The highest BCUT2D eigenvalue weighted by Gasteiger charge is 2.14. The molecule has 20 heavy (non-hydrogen) atoms. The smallest absolute Gasteiger partial charge is 0.250 e. The first-order chi connectivity index (χ1) is 9.36. The molecule has 108 valence electrons. The maximum atomic E-state index is 11.5. The van der Waals surface area contributed by atoms with Crippen LogP contribution in [0.5, 0.6) is 11.5 Å². The topological polar surface area (TPSA) is 70.4 Å². The maximum absolute atomic E-state index is 11.5. The predicted octanol–water partition coefficient (Wildman–Crippen LogP) is 1.68. The van der Waals surface area contributed by atoms with Gasteiger partial charge < -0.3 is 9.47 Å². The molecule has 1 aromatic carbocycles. The van der Waals surface area contributed by atoms with E-state index in [1.54, 1.807) is 33.3 Å². The summed E-state index contributed by atoms with van der Waals surface area (Å²) in [5.41, 5.74) is 2.18. The fourth-order valence-corrected chi connectivity index (χ4v) is 2.46. The summed E-state index contributed by atoms with van der Waals surface area (Å²) in [7, 11) is -0.281. The summed E-state index contributed by atoms with van der Waals surface area (Å²) in [6.45, 7) is 1.76. The van der Waals surface area contributed by atoms with Crippen LogP contribution in [0.1, 0.15) is 5.69 Å². The molecule has 6 nitrogen and oxygen atoms in total. The molecule has 1 aromatic heterocycles. The summed E-state index contributed by atoms with van der Waals surface area (Å²) in [5.74, 6) is 1.20. The van der Waals surface area contributed by atoms with Crippen molar-refractivity contribution < 1.29 is 17.9 Å². The van der Waals surface area contributed by atoms with E-state index in [1.807, 2.05) is 6.07 Å². The molecule has 0 atom stereocenters. The largest absolute Gasteiger partial charge is 0.493 e. The molecule has 1 heterocycles. The third-order valence-electron chi connectivity index (χ3n) is 2.91. The van der Waals surface area contributed by atoms with E-state index < -0.39 is 10.0 Å². The molecule has 7 heteroatoms. The lowest BCUT2D eigenvalue weighted by molar-refractivity contribution is 0.355. The van der Waals surface area contributed by atoms with Gasteiger partial charge in [-0.3, -0.25) is 0 Å². The van der Waals surface area contributed by atoms with Gasteiger partial charge in [-0.2, -0.15) is 9.19 Å². The van der Waals surface area contributed by atoms with Gasteiger partial charge in [0.25, 0.3) is 10.0 Å². The lowest BCUT2D eigenvalue weighted by Crippen LogP contribution is -2.10. The molecule has 0 spiro atoms. The Labute approximate surface area is 118 Å². The van der Waals surface area contributed by atoms with Crippen LogP contribution in [0, 0.1) is 6.92 Å². The van der Waals surface area contributed by atoms with E-state index in [9.17, 15) is 8.42 Å². The van der Waals surface area contributed by atoms with Crippen molar-refractivity contribution in [3.05, 3.63) is 30.1 Å². The second kappa shape index (κ2) is 5.16. The van der Waals surface area contributed by atoms with Crippen LogP contribution in [0.25, 0.3) is 11.1 Å². The fourth-order valence-electron chi connectivity index (χ4n) is 1.89. The third kappa shape index (κ3) is 2.62. The zero-order valence-corrected chi connectivity index (χ0v) is 12.6. The van der Waals surface area contributed by atoms with Crippen molar-refractivity contribution in [3.63, 3.8) is 0 Å². The van der Waals surface area contributed by atoms with Crippen molar-refractivity contribution in [2.75, 3.05) is 20.5 Å². The van der Waals surface area contributed by atoms with Crippen molar-refractivity contribution in [1.82, 2.24) is 9.19 Å². The molecule has 0 radical (unpaired) electrons. The number of nitrogens with zero attached hydrogens (tertiary/aromatic N) is 2. The first kappa shape index (κ1) is 14.4. The number of methoxy groups -OCH3 is 2. The summed E-state index contributed by atoms with van der Waals surface area (Å²) in [4.78, 5) is 0. The highest BCUT2D eigenvalue weighted by atomic mass is 32.2. The van der Waals surface area contributed by atoms with Crippen LogP contribution in [-0.4, -0.2) is 38.1 Å². The molecule has 0 fully saturated rings. The van der Waals surface area contributed by atoms with Gasteiger partial charge >= 0.3 is 0 Å². The van der Waals surface area contributed by atoms with Gasteiger partial charge in [-0.15, -0.1) is 0 Å². The zero-order chi connectivity index (χ0) is 14.9. The molecular weight excluding hydrogens is 280 g/mol. The number of aryl methyl sites for hydroxylation is 1. The molecule has 0 aliphatic carbocycles. The summed E-state index contributed by atoms with van der Waals surface area (Å²) in [5, 5.41) is 4.01. The summed E-state index contributed by atoms with van der Waals surface area (Å²) >= 11 is 0. The van der Waals surface area contributed by atoms with Crippen molar-refractivity contribution >= 4 is 10.0 Å². The van der Waals surface area contributed by atoms with Gasteiger partial charge in [-0.05, 0) is 24.6 Å². The van der Waals surface area contributed by atoms with Crippen molar-refractivity contribution in [2.45, 2.75) is 6.92 Å². The number of hydrogen-bond donors (Lipinski definition) is 0. The van der Waals surface area contributed by atoms with Gasteiger partial charge in [0, 0.05) is 5.56 Å². The molecule has 0 bridgehead atoms. The first-order valence-corrected chi connectivity index (χ1v) is 7.71. The Hall–Kier alpha value is -2.02. The van der Waals surface area contributed by atoms with Gasteiger partial charge in [-0.1, -0.05) is 6.07 Å². The van der Waals surface area contributed by atoms with Crippen LogP contribution in [0.4, 0.5) is 0 Å². The van der Waals surface area contributed by atoms with Crippen molar-refractivity contribution in [2.24, 2.45) is 0 Å². The highest BCUT2D eigenvalue weighted by molar-refractivity contribution is 7.89. The molecular formula is C13H16N2O4S. The van der Waals surface area contributed by atoms with Gasteiger partial charge in [0.15, 0.2) is 11.5 Å². The minimum Gasteiger partial charge on any atom is -0.493 e. The van der Waals surface area contributed by atoms with Crippen LogP contribution < -0.4 is 9.47 Å². The van der Waals surface area contributed by atoms with Crippen LogP contribution in [0.15, 0.2) is 24.4 Å². The minimum absolute atomic E-state index is 0.580. The van der Waals surface area contributed by atoms with Crippen LogP contribution in [-0.2, 0) is 10.0 Å². The zero-order valence-electron chi connectivity index (χ0n) is 11.7. The minimum atomic E-state index is -3.39. The number of hydrogen-bond acceptors (Lipinski definition) is 5. The summed E-state index contributed by atoms with van der Waals surface area (Å²) < 4.78 is 34.4. The monoisotopic (exact) mass is 296 g/mol. The maximum Gasteiger partial charge on any atom is 0.250 e. The second-order valence-corrected chi connectivity index (χ2v) is 6.17. The number of aromatic nitrogens is 2. The molecule has 0 unspecified atom stereocenters. The third-order valence-corrected chi connectivity index (χ3v) is 3.78. The van der Waals surface area contributed by atoms with E-state index in [2.05, 4.69) is 5.10 Å². The Bertz CT molecular complexity index is 735. The predicted molar refractivity (Wildman–Crippen MR) is 75.7 cm³/mol. The van der Waals surface area contributed by atoms with E-state index in [0.29, 0.717) is 17.2 Å². The first-order valence-electron chi connectivity index (χ1n) is 5.86. The van der Waals surface area contributed by atoms with Gasteiger partial charge in [0.05, 0.1) is 32.4 Å². The van der Waals surface area contributed by atoms with Gasteiger partial charge in [0.1, 0.15) is 0 Å². The van der Waals surface area contributed by atoms with E-state index in [4.69, 9.17) is 9.47 Å². The Morgan fingerprint density at radius 1 is 1.15 bits per heavy atom. The fraction of sp³-hybridized carbons (Fsp3) is 0.308. The Morgan fingerprint density at radius 3 is 2.30 bits per heavy atom. The van der Waals surface area contributed by atoms with Crippen LogP contribution in [0.2, 0.25) is 0 Å². The summed E-state index contributed by atoms with van der Waals surface area (Å²) in [6, 6.07) is 5.39. The number of benzene rings is 1. The van der Waals surface area contributed by atoms with E-state index in [1.165, 1.54) is 6.20 Å². The number of rotatable bonds is 4. The van der Waals surface area contributed by atoms with Gasteiger partial charge in [0.2, 0.25) is 0 Å². The highest BCUT2D eigenvalue weighted by Crippen LogP contribution is 2.33. The van der Waals surface area contributed by atoms with Crippen molar-refractivity contribution in [1.29, 1.82) is 0 Å². The van der Waals surface area contributed by atoms with Crippen LogP contribution in [0.3, 0.4) is 0 Å². The summed E-state index contributed by atoms with van der Waals surface area (Å²) in [6.07, 6.45) is 2.60. The Kier molecular flexibility index (Phi) is 3.71. The molecule has 0 saturated carbocycles. The molecule has 2 aromatic rings. The lowest BCUT2D eigenvalue weighted by Gasteiger charge is -2.08. The molecule has 0 saturated heterocycles. The molecule has 0 aliphatic rings. The lowest BCUT2D eigenvalue weighted by atomic mass is 10.1. The standard InChI is InChI=1S/C13H16N2O4S/c1-9-11(8-15(14-9)20(4,16)17)10-5-6-12(18-2)13(7-10)19-3/h5-8H,1-4H3. The second-order valence-electron chi connectivity index (χ2n) is 4.33. The van der Waals surface area contributed by atoms with Gasteiger partial charge in [-0.25, -0.2) is 8.42 Å². The molecule has 2 rings (SSSR count). The molecule has 0 N–H and O–H groups in total. The van der Waals surface area contributed by atoms with E-state index >= 15 is 0 Å². The Balaban J connectivity index is 2.55. The molecule has 0 amide bonds. The average Bonchev–Trinajstić information content (AvgIpc) is 2.80. The quantitative estimate of drug-likeness (QED) is 0.858. The average molecular weight is 296 g/mol. The normalized spacial score (nSPS) is 11.4. The number of ether oxygens (including phenoxy) is 2. The van der Waals surface area contributed by atoms with E-state index in [-0.39, 0.29) is 0 Å². The SMILES string of the molecule is COc1ccc(-c2cn(S(C)(=O)=O)nc2C)cc1OC. The van der Waals surface area contributed by atoms with E-state index in [0.717, 1.165) is 21.5 Å². The van der Waals surface area contributed by atoms with Crippen LogP contribution >= 0.6 is 0 Å². The van der Waals surface area contributed by atoms with Crippen molar-refractivity contribution in [3.8, 4) is 22.6 Å².